The third kappa shape index (κ3) is 2.31. The van der Waals surface area contributed by atoms with Crippen molar-refractivity contribution in [2.24, 2.45) is 5.73 Å². The van der Waals surface area contributed by atoms with Crippen LogP contribution in [0, 0.1) is 0 Å². The summed E-state index contributed by atoms with van der Waals surface area (Å²) in [5.41, 5.74) is 5.87. The van der Waals surface area contributed by atoms with Gasteiger partial charge in [-0.1, -0.05) is 0 Å². The molecule has 0 aromatic rings. The number of ether oxygens (including phenoxy) is 1. The summed E-state index contributed by atoms with van der Waals surface area (Å²) in [4.78, 5) is 11.3. The van der Waals surface area contributed by atoms with Crippen LogP contribution in [0.15, 0.2) is 11.6 Å². The van der Waals surface area contributed by atoms with Gasteiger partial charge in [0.1, 0.15) is 6.10 Å². The van der Waals surface area contributed by atoms with Crippen molar-refractivity contribution in [3.63, 3.8) is 0 Å². The number of esters is 1. The summed E-state index contributed by atoms with van der Waals surface area (Å²) in [6.45, 7) is 1.98. The van der Waals surface area contributed by atoms with Gasteiger partial charge in [0.05, 0.1) is 12.7 Å². The van der Waals surface area contributed by atoms with E-state index in [9.17, 15) is 15.0 Å². The Balaban J connectivity index is 2.71. The van der Waals surface area contributed by atoms with Crippen LogP contribution >= 0.6 is 0 Å². The van der Waals surface area contributed by atoms with Crippen molar-refractivity contribution in [1.82, 2.24) is 0 Å². The van der Waals surface area contributed by atoms with Gasteiger partial charge in [0, 0.05) is 11.6 Å². The molecule has 0 saturated carbocycles. The standard InChI is InChI=1S/C9H15NO4/c1-2-14-9(13)5-3-6(10)8(12)7(11)4-5/h4,6-8,11-12H,2-3,10H2,1H3/t6-,7-,8+/m1/s1. The maximum atomic E-state index is 11.3. The van der Waals surface area contributed by atoms with E-state index in [1.165, 1.54) is 6.08 Å². The first-order chi connectivity index (χ1) is 6.56. The average molecular weight is 201 g/mol. The van der Waals surface area contributed by atoms with Crippen molar-refractivity contribution in [3.8, 4) is 0 Å². The molecule has 0 fully saturated rings. The quantitative estimate of drug-likeness (QED) is 0.495. The number of nitrogens with two attached hydrogens (primary N) is 1. The van der Waals surface area contributed by atoms with Crippen LogP contribution in [0.25, 0.3) is 0 Å². The largest absolute Gasteiger partial charge is 0.463 e. The third-order valence-electron chi connectivity index (χ3n) is 2.15. The maximum Gasteiger partial charge on any atom is 0.333 e. The van der Waals surface area contributed by atoms with E-state index in [-0.39, 0.29) is 13.0 Å². The van der Waals surface area contributed by atoms with Gasteiger partial charge in [-0.15, -0.1) is 0 Å². The number of hydrogen-bond acceptors (Lipinski definition) is 5. The molecule has 1 rings (SSSR count). The lowest BCUT2D eigenvalue weighted by Gasteiger charge is -2.27. The molecular weight excluding hydrogens is 186 g/mol. The molecule has 5 heteroatoms. The number of carbonyl (C=O) groups excluding carboxylic acids is 1. The second-order valence-electron chi connectivity index (χ2n) is 3.26. The predicted molar refractivity (Wildman–Crippen MR) is 49.3 cm³/mol. The highest BCUT2D eigenvalue weighted by Gasteiger charge is 2.30. The van der Waals surface area contributed by atoms with Gasteiger partial charge in [-0.2, -0.15) is 0 Å². The highest BCUT2D eigenvalue weighted by Crippen LogP contribution is 2.19. The van der Waals surface area contributed by atoms with Crippen LogP contribution in [0.2, 0.25) is 0 Å². The molecule has 4 N–H and O–H groups in total. The molecule has 0 unspecified atom stereocenters. The van der Waals surface area contributed by atoms with Crippen LogP contribution < -0.4 is 5.73 Å². The molecule has 0 aliphatic heterocycles. The monoisotopic (exact) mass is 201 g/mol. The Morgan fingerprint density at radius 1 is 1.71 bits per heavy atom. The summed E-state index contributed by atoms with van der Waals surface area (Å²) in [7, 11) is 0. The van der Waals surface area contributed by atoms with Crippen LogP contribution in [0.4, 0.5) is 0 Å². The topological polar surface area (TPSA) is 92.8 Å². The molecule has 0 heterocycles. The highest BCUT2D eigenvalue weighted by molar-refractivity contribution is 5.88. The molecule has 0 aromatic heterocycles. The van der Waals surface area contributed by atoms with Crippen LogP contribution in [-0.4, -0.2) is 41.0 Å². The summed E-state index contributed by atoms with van der Waals surface area (Å²) in [5, 5.41) is 18.6. The van der Waals surface area contributed by atoms with E-state index in [4.69, 9.17) is 10.5 Å². The Labute approximate surface area is 82.2 Å². The minimum absolute atomic E-state index is 0.233. The third-order valence-corrected chi connectivity index (χ3v) is 2.15. The van der Waals surface area contributed by atoms with Gasteiger partial charge >= 0.3 is 5.97 Å². The lowest BCUT2D eigenvalue weighted by molar-refractivity contribution is -0.139. The fraction of sp³-hybridized carbons (Fsp3) is 0.667. The zero-order valence-electron chi connectivity index (χ0n) is 8.01. The lowest BCUT2D eigenvalue weighted by atomic mass is 9.91. The molecule has 0 radical (unpaired) electrons. The molecular formula is C9H15NO4. The molecule has 14 heavy (non-hydrogen) atoms. The van der Waals surface area contributed by atoms with Crippen molar-refractivity contribution >= 4 is 5.97 Å². The molecule has 5 nitrogen and oxygen atoms in total. The van der Waals surface area contributed by atoms with Gasteiger partial charge in [-0.05, 0) is 19.4 Å². The van der Waals surface area contributed by atoms with Crippen molar-refractivity contribution in [1.29, 1.82) is 0 Å². The molecule has 0 amide bonds. The Hall–Kier alpha value is -0.910. The maximum absolute atomic E-state index is 11.3. The van der Waals surface area contributed by atoms with E-state index in [1.54, 1.807) is 6.92 Å². The van der Waals surface area contributed by atoms with E-state index in [2.05, 4.69) is 0 Å². The Morgan fingerprint density at radius 2 is 2.36 bits per heavy atom. The first-order valence-corrected chi connectivity index (χ1v) is 4.55. The first kappa shape index (κ1) is 11.2. The zero-order valence-corrected chi connectivity index (χ0v) is 8.01. The summed E-state index contributed by atoms with van der Waals surface area (Å²) >= 11 is 0. The van der Waals surface area contributed by atoms with Gasteiger partial charge in [0.15, 0.2) is 0 Å². The van der Waals surface area contributed by atoms with Crippen molar-refractivity contribution in [2.75, 3.05) is 6.61 Å². The fourth-order valence-corrected chi connectivity index (χ4v) is 1.38. The van der Waals surface area contributed by atoms with E-state index in [1.807, 2.05) is 0 Å². The van der Waals surface area contributed by atoms with Gasteiger partial charge in [-0.3, -0.25) is 0 Å². The van der Waals surface area contributed by atoms with Crippen LogP contribution in [0.1, 0.15) is 13.3 Å². The average Bonchev–Trinajstić information content (AvgIpc) is 2.13. The highest BCUT2D eigenvalue weighted by atomic mass is 16.5. The molecule has 0 saturated heterocycles. The number of carbonyl (C=O) groups is 1. The molecule has 0 aromatic carbocycles. The van der Waals surface area contributed by atoms with E-state index in [0.717, 1.165) is 0 Å². The molecule has 0 bridgehead atoms. The minimum Gasteiger partial charge on any atom is -0.463 e. The number of rotatable bonds is 2. The first-order valence-electron chi connectivity index (χ1n) is 4.55. The second kappa shape index (κ2) is 4.54. The minimum atomic E-state index is -1.09. The smallest absolute Gasteiger partial charge is 0.333 e. The Morgan fingerprint density at radius 3 is 2.86 bits per heavy atom. The van der Waals surface area contributed by atoms with Crippen LogP contribution in [0.3, 0.4) is 0 Å². The van der Waals surface area contributed by atoms with Crippen LogP contribution in [0.5, 0.6) is 0 Å². The molecule has 3 atom stereocenters. The van der Waals surface area contributed by atoms with Crippen LogP contribution in [-0.2, 0) is 9.53 Å². The molecule has 1 aliphatic carbocycles. The van der Waals surface area contributed by atoms with E-state index >= 15 is 0 Å². The Bertz CT molecular complexity index is 251. The normalized spacial score (nSPS) is 32.3. The molecule has 1 aliphatic rings. The summed E-state index contributed by atoms with van der Waals surface area (Å²) in [6.07, 6.45) is -0.561. The van der Waals surface area contributed by atoms with E-state index in [0.29, 0.717) is 5.57 Å². The summed E-state index contributed by atoms with van der Waals surface area (Å²) in [5.74, 6) is -0.478. The van der Waals surface area contributed by atoms with Crippen molar-refractivity contribution in [2.45, 2.75) is 31.6 Å². The van der Waals surface area contributed by atoms with Crippen molar-refractivity contribution in [3.05, 3.63) is 11.6 Å². The number of hydrogen-bond donors (Lipinski definition) is 3. The fourth-order valence-electron chi connectivity index (χ4n) is 1.38. The van der Waals surface area contributed by atoms with Gasteiger partial charge < -0.3 is 20.7 Å². The Kier molecular flexibility index (Phi) is 3.62. The van der Waals surface area contributed by atoms with Gasteiger partial charge in [0.25, 0.3) is 0 Å². The zero-order chi connectivity index (χ0) is 10.7. The SMILES string of the molecule is CCOC(=O)C1=C[C@@H](O)[C@@H](O)[C@H](N)C1. The molecule has 80 valence electrons. The van der Waals surface area contributed by atoms with Gasteiger partial charge in [-0.25, -0.2) is 4.79 Å². The lowest BCUT2D eigenvalue weighted by Crippen LogP contribution is -2.46. The summed E-state index contributed by atoms with van der Waals surface area (Å²) < 4.78 is 4.76. The predicted octanol–water partition coefficient (Wildman–Crippen LogP) is -1.07. The number of aliphatic hydroxyl groups excluding tert-OH is 2. The van der Waals surface area contributed by atoms with Gasteiger partial charge in [0.2, 0.25) is 0 Å². The number of aliphatic hydroxyl groups is 2. The molecule has 0 spiro atoms. The van der Waals surface area contributed by atoms with Crippen molar-refractivity contribution < 1.29 is 19.7 Å². The van der Waals surface area contributed by atoms with E-state index < -0.39 is 24.2 Å². The summed E-state index contributed by atoms with van der Waals surface area (Å²) in [6, 6.07) is -0.616. The second-order valence-corrected chi connectivity index (χ2v) is 3.26.